The maximum atomic E-state index is 12.7. The molecule has 0 heterocycles. The predicted molar refractivity (Wildman–Crippen MR) is 304 cm³/mol. The number of esters is 2. The van der Waals surface area contributed by atoms with E-state index in [1.54, 1.807) is 13.8 Å². The van der Waals surface area contributed by atoms with Crippen molar-refractivity contribution < 1.29 is 29.0 Å². The highest BCUT2D eigenvalue weighted by atomic mass is 16.5. The number of carboxylic acids is 1. The molecular weight excluding hydrogens is 925 g/mol. The molecule has 0 spiro atoms. The number of aliphatic carboxylic acids is 1. The van der Waals surface area contributed by atoms with Crippen LogP contribution in [0.5, 0.6) is 0 Å². The van der Waals surface area contributed by atoms with Gasteiger partial charge in [0.15, 0.2) is 0 Å². The third kappa shape index (κ3) is 10.3. The van der Waals surface area contributed by atoms with Crippen molar-refractivity contribution in [2.24, 2.45) is 116 Å². The van der Waals surface area contributed by atoms with Gasteiger partial charge in [0, 0.05) is 32.1 Å². The maximum Gasteiger partial charge on any atom is 0.303 e. The van der Waals surface area contributed by atoms with Gasteiger partial charge in [-0.3, -0.25) is 14.4 Å². The highest BCUT2D eigenvalue weighted by molar-refractivity contribution is 5.79. The molecule has 10 rings (SSSR count). The summed E-state index contributed by atoms with van der Waals surface area (Å²) in [5.74, 6) is 8.40. The number of fused-ring (bicyclic) bond motifs is 10. The van der Waals surface area contributed by atoms with E-state index in [4.69, 9.17) is 9.47 Å². The van der Waals surface area contributed by atoms with Gasteiger partial charge in [-0.15, -0.1) is 0 Å². The lowest BCUT2D eigenvalue weighted by Gasteiger charge is -2.65. The number of carbonyl (C=O) groups is 3. The SMILES string of the molecule is CC[C@H]1[C@@H](OC(C)=O)C2C3CC[C@H]([C@H](C)CC(=O)O)[C@@]3(C)CCC2[C@@]2(C)CC[C@@H](C)C[C@@H]12.CC[C@H]1[C@@H](OC(C)=O)C2C3CC[C@H]([C@H](C)CC=C(c4ccccc4)c4ccccc4)[C@@]3(C)CCC2[C@@]2(C)CC[C@@H](C)C[C@@H]12. The van der Waals surface area contributed by atoms with Gasteiger partial charge < -0.3 is 14.6 Å². The zero-order chi connectivity index (χ0) is 53.8. The van der Waals surface area contributed by atoms with E-state index in [1.165, 1.54) is 93.7 Å². The van der Waals surface area contributed by atoms with Crippen LogP contribution >= 0.6 is 0 Å². The van der Waals surface area contributed by atoms with E-state index in [-0.39, 0.29) is 41.9 Å². The predicted octanol–water partition coefficient (Wildman–Crippen LogP) is 17.2. The summed E-state index contributed by atoms with van der Waals surface area (Å²) in [6.07, 6.45) is 24.1. The van der Waals surface area contributed by atoms with Gasteiger partial charge in [0.05, 0.1) is 0 Å². The van der Waals surface area contributed by atoms with Crippen LogP contribution in [-0.2, 0) is 23.9 Å². The van der Waals surface area contributed by atoms with Crippen molar-refractivity contribution in [3.05, 3.63) is 77.9 Å². The Morgan fingerprint density at radius 1 is 0.560 bits per heavy atom. The van der Waals surface area contributed by atoms with Crippen LogP contribution < -0.4 is 0 Å². The van der Waals surface area contributed by atoms with E-state index in [9.17, 15) is 19.5 Å². The molecule has 8 saturated carbocycles. The van der Waals surface area contributed by atoms with Gasteiger partial charge in [-0.05, 0) is 218 Å². The second-order valence-electron chi connectivity index (χ2n) is 28.5. The summed E-state index contributed by atoms with van der Waals surface area (Å²) in [6, 6.07) is 21.8. The van der Waals surface area contributed by atoms with E-state index >= 15 is 0 Å². The molecule has 0 amide bonds. The number of hydrogen-bond acceptors (Lipinski definition) is 5. The van der Waals surface area contributed by atoms with Gasteiger partial charge in [0.1, 0.15) is 12.2 Å². The first-order chi connectivity index (χ1) is 35.7. The average molecular weight is 1030 g/mol. The highest BCUT2D eigenvalue weighted by Crippen LogP contribution is 2.72. The van der Waals surface area contributed by atoms with Crippen LogP contribution in [0.25, 0.3) is 5.57 Å². The van der Waals surface area contributed by atoms with Gasteiger partial charge in [0.25, 0.3) is 0 Å². The van der Waals surface area contributed by atoms with Crippen LogP contribution in [0.3, 0.4) is 0 Å². The smallest absolute Gasteiger partial charge is 0.303 e. The molecule has 75 heavy (non-hydrogen) atoms. The fourth-order valence-electron chi connectivity index (χ4n) is 21.5. The van der Waals surface area contributed by atoms with Gasteiger partial charge >= 0.3 is 17.9 Å². The lowest BCUT2D eigenvalue weighted by atomic mass is 9.41. The summed E-state index contributed by atoms with van der Waals surface area (Å²) in [5.41, 5.74) is 5.18. The van der Waals surface area contributed by atoms with Crippen molar-refractivity contribution in [3.63, 3.8) is 0 Å². The van der Waals surface area contributed by atoms with E-state index in [0.717, 1.165) is 43.9 Å². The summed E-state index contributed by atoms with van der Waals surface area (Å²) in [5, 5.41) is 9.45. The van der Waals surface area contributed by atoms with Crippen molar-refractivity contribution in [3.8, 4) is 0 Å². The molecule has 0 aromatic heterocycles. The third-order valence-corrected chi connectivity index (χ3v) is 24.8. The molecule has 2 aromatic rings. The maximum absolute atomic E-state index is 12.7. The van der Waals surface area contributed by atoms with Crippen LogP contribution in [0.2, 0.25) is 0 Å². The molecule has 6 nitrogen and oxygen atoms in total. The summed E-state index contributed by atoms with van der Waals surface area (Å²) >= 11 is 0. The monoisotopic (exact) mass is 1030 g/mol. The molecule has 8 aliphatic carbocycles. The van der Waals surface area contributed by atoms with Gasteiger partial charge in [0.2, 0.25) is 0 Å². The number of ether oxygens (including phenoxy) is 2. The van der Waals surface area contributed by atoms with Crippen LogP contribution in [0.1, 0.15) is 210 Å². The molecule has 8 fully saturated rings. The van der Waals surface area contributed by atoms with Crippen LogP contribution in [0.15, 0.2) is 66.7 Å². The molecule has 6 heteroatoms. The Morgan fingerprint density at radius 3 is 1.33 bits per heavy atom. The molecule has 2 aromatic carbocycles. The Bertz CT molecular complexity index is 2280. The Hall–Kier alpha value is -3.41. The number of carboxylic acid groups (broad SMARTS) is 1. The second kappa shape index (κ2) is 22.4. The van der Waals surface area contributed by atoms with E-state index < -0.39 is 5.97 Å². The van der Waals surface area contributed by atoms with E-state index in [1.807, 2.05) is 0 Å². The molecule has 0 aliphatic heterocycles. The molecule has 414 valence electrons. The van der Waals surface area contributed by atoms with Crippen molar-refractivity contribution in [1.82, 2.24) is 0 Å². The minimum absolute atomic E-state index is 0.0315. The van der Waals surface area contributed by atoms with E-state index in [2.05, 4.69) is 136 Å². The molecule has 0 bridgehead atoms. The van der Waals surface area contributed by atoms with Crippen molar-refractivity contribution in [2.75, 3.05) is 0 Å². The number of benzene rings is 2. The van der Waals surface area contributed by atoms with E-state index in [0.29, 0.717) is 93.2 Å². The Morgan fingerprint density at radius 2 is 0.947 bits per heavy atom. The molecule has 8 aliphatic rings. The Kier molecular flexibility index (Phi) is 16.8. The summed E-state index contributed by atoms with van der Waals surface area (Å²) in [4.78, 5) is 36.5. The first kappa shape index (κ1) is 56.3. The first-order valence-corrected chi connectivity index (χ1v) is 31.1. The summed E-state index contributed by atoms with van der Waals surface area (Å²) < 4.78 is 12.7. The number of hydrogen-bond donors (Lipinski definition) is 1. The van der Waals surface area contributed by atoms with Crippen molar-refractivity contribution in [2.45, 2.75) is 211 Å². The molecule has 22 atom stereocenters. The standard InChI is InChI=1S/C41H56O2.C28H46O4/c1-7-32-37-26-27(2)22-24-41(37,6)36-23-25-40(5)34(20-21-35(40)38(36)39(32)43-29(4)42)28(3)18-19-33(30-14-10-8-11-15-30)31-16-12-9-13-17-31;1-7-19-23-14-16(2)10-12-28(23,6)22-11-13-27(5)20(17(3)15-24(30)31)8-9-21(27)25(22)26(19)32-18(4)29/h8-17,19,27-28,32,34-39H,7,18,20-26H2,1-6H3;16-17,19-23,25-26H,7-15H2,1-6H3,(H,30,31)/t27-,28-,32-,34-,35?,36?,37+,38?,39-,40-,41-;16-,17-,19-,20-,21?,22?,23+,25?,26-,27-,28-/m11/s1. The Labute approximate surface area is 455 Å². The topological polar surface area (TPSA) is 89.9 Å². The number of carbonyl (C=O) groups excluding carboxylic acids is 2. The first-order valence-electron chi connectivity index (χ1n) is 31.1. The summed E-state index contributed by atoms with van der Waals surface area (Å²) in [6.45, 7) is 27.8. The number of allylic oxidation sites excluding steroid dienone is 1. The zero-order valence-electron chi connectivity index (χ0n) is 49.0. The van der Waals surface area contributed by atoms with Crippen LogP contribution in [0.4, 0.5) is 0 Å². The largest absolute Gasteiger partial charge is 0.481 e. The van der Waals surface area contributed by atoms with Crippen molar-refractivity contribution in [1.29, 1.82) is 0 Å². The summed E-state index contributed by atoms with van der Waals surface area (Å²) in [7, 11) is 0. The lowest BCUT2D eigenvalue weighted by Crippen LogP contribution is -2.62. The third-order valence-electron chi connectivity index (χ3n) is 24.8. The highest BCUT2D eigenvalue weighted by Gasteiger charge is 2.68. The lowest BCUT2D eigenvalue weighted by molar-refractivity contribution is -0.214. The number of rotatable bonds is 12. The fraction of sp³-hybridized carbons (Fsp3) is 0.754. The van der Waals surface area contributed by atoms with Gasteiger partial charge in [-0.1, -0.05) is 149 Å². The van der Waals surface area contributed by atoms with Crippen LogP contribution in [-0.4, -0.2) is 35.2 Å². The zero-order valence-corrected chi connectivity index (χ0v) is 49.0. The molecule has 6 unspecified atom stereocenters. The molecule has 0 saturated heterocycles. The molecular formula is C69H102O6. The van der Waals surface area contributed by atoms with Crippen molar-refractivity contribution >= 4 is 23.5 Å². The van der Waals surface area contributed by atoms with Gasteiger partial charge in [-0.2, -0.15) is 0 Å². The minimum atomic E-state index is -0.675. The normalized spacial score (nSPS) is 43.3. The molecule has 0 radical (unpaired) electrons. The fourth-order valence-corrected chi connectivity index (χ4v) is 21.5. The van der Waals surface area contributed by atoms with Crippen LogP contribution in [0, 0.1) is 116 Å². The minimum Gasteiger partial charge on any atom is -0.481 e. The average Bonchev–Trinajstić information content (AvgIpc) is 3.92. The second-order valence-corrected chi connectivity index (χ2v) is 28.5. The quantitative estimate of drug-likeness (QED) is 0.213. The molecule has 1 N–H and O–H groups in total. The van der Waals surface area contributed by atoms with Gasteiger partial charge in [-0.25, -0.2) is 0 Å². The Balaban J connectivity index is 0.000000192.